The Morgan fingerprint density at radius 2 is 1.90 bits per heavy atom. The Labute approximate surface area is 126 Å². The van der Waals surface area contributed by atoms with E-state index in [1.807, 2.05) is 0 Å². The molecule has 21 heavy (non-hydrogen) atoms. The number of benzene rings is 1. The van der Waals surface area contributed by atoms with Crippen LogP contribution >= 0.6 is 11.6 Å². The van der Waals surface area contributed by atoms with Crippen molar-refractivity contribution < 1.29 is 19.1 Å². The fraction of sp³-hybridized carbons (Fsp3) is 0.308. The van der Waals surface area contributed by atoms with Crippen LogP contribution in [0.5, 0.6) is 5.75 Å². The molecule has 0 radical (unpaired) electrons. The van der Waals surface area contributed by atoms with Gasteiger partial charge in [0.25, 0.3) is 0 Å². The van der Waals surface area contributed by atoms with E-state index in [1.165, 1.54) is 7.11 Å². The van der Waals surface area contributed by atoms with Gasteiger partial charge in [0.1, 0.15) is 5.75 Å². The normalized spacial score (nSPS) is 10.2. The van der Waals surface area contributed by atoms with Gasteiger partial charge in [-0.05, 0) is 24.1 Å². The zero-order valence-corrected chi connectivity index (χ0v) is 12.1. The number of hydrogen-bond acceptors (Lipinski definition) is 4. The predicted molar refractivity (Wildman–Crippen MR) is 76.6 cm³/mol. The van der Waals surface area contributed by atoms with Crippen molar-refractivity contribution in [2.75, 3.05) is 7.11 Å². The SMILES string of the molecule is COc1ccc(CCC(=O)NC(C(N)=O)C(N)=O)cc1Cl. The van der Waals surface area contributed by atoms with Gasteiger partial charge in [-0.25, -0.2) is 0 Å². The second-order valence-electron chi connectivity index (χ2n) is 4.27. The number of ether oxygens (including phenoxy) is 1. The van der Waals surface area contributed by atoms with Crippen molar-refractivity contribution in [1.82, 2.24) is 5.32 Å². The largest absolute Gasteiger partial charge is 0.495 e. The Hall–Kier alpha value is -2.28. The van der Waals surface area contributed by atoms with Crippen LogP contribution < -0.4 is 21.5 Å². The molecule has 0 aliphatic carbocycles. The lowest BCUT2D eigenvalue weighted by Gasteiger charge is -2.12. The van der Waals surface area contributed by atoms with Crippen LogP contribution in [0, 0.1) is 0 Å². The molecule has 1 aromatic carbocycles. The number of nitrogens with one attached hydrogen (secondary N) is 1. The Morgan fingerprint density at radius 1 is 1.29 bits per heavy atom. The third-order valence-corrected chi connectivity index (χ3v) is 3.03. The average Bonchev–Trinajstić information content (AvgIpc) is 2.42. The van der Waals surface area contributed by atoms with E-state index >= 15 is 0 Å². The highest BCUT2D eigenvalue weighted by Crippen LogP contribution is 2.25. The molecule has 0 bridgehead atoms. The highest BCUT2D eigenvalue weighted by molar-refractivity contribution is 6.32. The molecule has 0 spiro atoms. The third-order valence-electron chi connectivity index (χ3n) is 2.73. The van der Waals surface area contributed by atoms with Crippen LogP contribution in [0.25, 0.3) is 0 Å². The van der Waals surface area contributed by atoms with E-state index < -0.39 is 23.8 Å². The molecule has 1 rings (SSSR count). The lowest BCUT2D eigenvalue weighted by Crippen LogP contribution is -2.52. The Morgan fingerprint density at radius 3 is 2.38 bits per heavy atom. The van der Waals surface area contributed by atoms with Gasteiger partial charge in [-0.1, -0.05) is 17.7 Å². The van der Waals surface area contributed by atoms with Gasteiger partial charge in [0.2, 0.25) is 17.7 Å². The van der Waals surface area contributed by atoms with Crippen molar-refractivity contribution in [3.05, 3.63) is 28.8 Å². The zero-order valence-electron chi connectivity index (χ0n) is 11.4. The van der Waals surface area contributed by atoms with Gasteiger partial charge < -0.3 is 21.5 Å². The van der Waals surface area contributed by atoms with Crippen molar-refractivity contribution in [3.63, 3.8) is 0 Å². The van der Waals surface area contributed by atoms with Gasteiger partial charge in [0, 0.05) is 6.42 Å². The third kappa shape index (κ3) is 4.96. The van der Waals surface area contributed by atoms with E-state index in [2.05, 4.69) is 5.32 Å². The summed E-state index contributed by atoms with van der Waals surface area (Å²) in [4.78, 5) is 33.5. The van der Waals surface area contributed by atoms with Gasteiger partial charge in [-0.2, -0.15) is 0 Å². The Bertz CT molecular complexity index is 548. The summed E-state index contributed by atoms with van der Waals surface area (Å²) in [5.41, 5.74) is 10.7. The molecule has 1 aromatic rings. The van der Waals surface area contributed by atoms with Crippen molar-refractivity contribution in [2.45, 2.75) is 18.9 Å². The molecule has 0 heterocycles. The highest BCUT2D eigenvalue weighted by Gasteiger charge is 2.23. The first-order valence-electron chi connectivity index (χ1n) is 6.05. The van der Waals surface area contributed by atoms with Gasteiger partial charge in [0.15, 0.2) is 6.04 Å². The second-order valence-corrected chi connectivity index (χ2v) is 4.68. The number of primary amides is 2. The lowest BCUT2D eigenvalue weighted by molar-refractivity contribution is -0.133. The maximum Gasteiger partial charge on any atom is 0.249 e. The van der Waals surface area contributed by atoms with E-state index in [9.17, 15) is 14.4 Å². The van der Waals surface area contributed by atoms with E-state index in [1.54, 1.807) is 18.2 Å². The Balaban J connectivity index is 2.58. The molecule has 0 fully saturated rings. The van der Waals surface area contributed by atoms with Crippen LogP contribution in [0.4, 0.5) is 0 Å². The average molecular weight is 314 g/mol. The molecule has 0 aliphatic heterocycles. The maximum atomic E-state index is 11.7. The number of amides is 3. The first-order valence-corrected chi connectivity index (χ1v) is 6.43. The molecule has 0 aliphatic rings. The van der Waals surface area contributed by atoms with Crippen LogP contribution in [0.2, 0.25) is 5.02 Å². The summed E-state index contributed by atoms with van der Waals surface area (Å²) in [7, 11) is 1.50. The van der Waals surface area contributed by atoms with Crippen LogP contribution in [-0.2, 0) is 20.8 Å². The summed E-state index contributed by atoms with van der Waals surface area (Å²) in [6.45, 7) is 0. The lowest BCUT2D eigenvalue weighted by atomic mass is 10.1. The van der Waals surface area contributed by atoms with Crippen LogP contribution in [-0.4, -0.2) is 30.9 Å². The van der Waals surface area contributed by atoms with Crippen molar-refractivity contribution in [2.24, 2.45) is 11.5 Å². The minimum Gasteiger partial charge on any atom is -0.495 e. The number of rotatable bonds is 7. The molecule has 8 heteroatoms. The van der Waals surface area contributed by atoms with Crippen molar-refractivity contribution in [1.29, 1.82) is 0 Å². The maximum absolute atomic E-state index is 11.7. The summed E-state index contributed by atoms with van der Waals surface area (Å²) in [6, 6.07) is 3.62. The number of halogens is 1. The number of nitrogens with two attached hydrogens (primary N) is 2. The zero-order chi connectivity index (χ0) is 16.0. The molecule has 0 unspecified atom stereocenters. The summed E-state index contributed by atoms with van der Waals surface area (Å²) >= 11 is 5.96. The minimum atomic E-state index is -1.50. The summed E-state index contributed by atoms with van der Waals surface area (Å²) < 4.78 is 5.02. The molecule has 3 amide bonds. The fourth-order valence-electron chi connectivity index (χ4n) is 1.64. The summed E-state index contributed by atoms with van der Waals surface area (Å²) in [6.07, 6.45) is 0.430. The van der Waals surface area contributed by atoms with Gasteiger partial charge in [0.05, 0.1) is 12.1 Å². The van der Waals surface area contributed by atoms with Gasteiger partial charge >= 0.3 is 0 Å². The van der Waals surface area contributed by atoms with Crippen LogP contribution in [0.15, 0.2) is 18.2 Å². The topological polar surface area (TPSA) is 125 Å². The molecule has 114 valence electrons. The van der Waals surface area contributed by atoms with Crippen molar-refractivity contribution in [3.8, 4) is 5.75 Å². The number of aryl methyl sites for hydroxylation is 1. The highest BCUT2D eigenvalue weighted by atomic mass is 35.5. The van der Waals surface area contributed by atoms with E-state index in [0.29, 0.717) is 17.2 Å². The minimum absolute atomic E-state index is 0.0553. The van der Waals surface area contributed by atoms with Crippen LogP contribution in [0.3, 0.4) is 0 Å². The molecule has 0 atom stereocenters. The molecular weight excluding hydrogens is 298 g/mol. The summed E-state index contributed by atoms with van der Waals surface area (Å²) in [5.74, 6) is -1.97. The molecule has 0 aromatic heterocycles. The monoisotopic (exact) mass is 313 g/mol. The van der Waals surface area contributed by atoms with E-state index in [4.69, 9.17) is 27.8 Å². The van der Waals surface area contributed by atoms with E-state index in [0.717, 1.165) is 5.56 Å². The smallest absolute Gasteiger partial charge is 0.249 e. The first kappa shape index (κ1) is 16.8. The van der Waals surface area contributed by atoms with Gasteiger partial charge in [-0.15, -0.1) is 0 Å². The Kier molecular flexibility index (Phi) is 5.98. The molecular formula is C13H16ClN3O4. The summed E-state index contributed by atoms with van der Waals surface area (Å²) in [5, 5.41) is 2.61. The predicted octanol–water partition coefficient (Wildman–Crippen LogP) is -0.263. The second kappa shape index (κ2) is 7.49. The number of hydrogen-bond donors (Lipinski definition) is 3. The van der Waals surface area contributed by atoms with Crippen molar-refractivity contribution >= 4 is 29.3 Å². The molecule has 0 saturated carbocycles. The first-order chi connectivity index (χ1) is 9.85. The molecule has 0 saturated heterocycles. The number of carbonyl (C=O) groups excluding carboxylic acids is 3. The fourth-order valence-corrected chi connectivity index (χ4v) is 1.92. The molecule has 5 N–H and O–H groups in total. The quantitative estimate of drug-likeness (QED) is 0.599. The van der Waals surface area contributed by atoms with Crippen LogP contribution in [0.1, 0.15) is 12.0 Å². The molecule has 7 nitrogen and oxygen atoms in total. The van der Waals surface area contributed by atoms with E-state index in [-0.39, 0.29) is 6.42 Å². The number of methoxy groups -OCH3 is 1. The van der Waals surface area contributed by atoms with Gasteiger partial charge in [-0.3, -0.25) is 14.4 Å². The standard InChI is InChI=1S/C13H16ClN3O4/c1-21-9-4-2-7(6-8(9)14)3-5-10(18)17-11(12(15)19)13(16)20/h2,4,6,11H,3,5H2,1H3,(H2,15,19)(H2,16,20)(H,17,18). The number of carbonyl (C=O) groups is 3.